The van der Waals surface area contributed by atoms with Gasteiger partial charge in [-0.05, 0) is 60.0 Å². The SMILES string of the molecule is Cc1cccc(-n2nc(C(=O)OCC(=O)c3ccc(-c4ccccc4)cc3)nc2-c2ccc(Cl)cc2)c1. The average molecular weight is 508 g/mol. The number of Topliss-reactive ketones (excluding diaryl/α,β-unsaturated/α-hetero) is 1. The quantitative estimate of drug-likeness (QED) is 0.183. The first-order valence-electron chi connectivity index (χ1n) is 11.6. The van der Waals surface area contributed by atoms with Crippen LogP contribution < -0.4 is 0 Å². The van der Waals surface area contributed by atoms with Crippen LogP contribution in [-0.4, -0.2) is 33.1 Å². The minimum atomic E-state index is -0.782. The lowest BCUT2D eigenvalue weighted by Gasteiger charge is -2.06. The molecule has 1 aromatic heterocycles. The number of hydrogen-bond acceptors (Lipinski definition) is 5. The number of carbonyl (C=O) groups is 2. The highest BCUT2D eigenvalue weighted by Gasteiger charge is 2.21. The number of ketones is 1. The standard InChI is InChI=1S/C30H22ClN3O3/c1-20-6-5-9-26(18-20)34-29(24-14-16-25(31)17-15-24)32-28(33-34)30(36)37-19-27(35)23-12-10-22(11-13-23)21-7-3-2-4-8-21/h2-18H,19H2,1H3. The lowest BCUT2D eigenvalue weighted by atomic mass is 10.0. The minimum absolute atomic E-state index is 0.140. The molecule has 0 radical (unpaired) electrons. The number of aromatic nitrogens is 3. The first-order valence-corrected chi connectivity index (χ1v) is 12.0. The first-order chi connectivity index (χ1) is 18.0. The lowest BCUT2D eigenvalue weighted by Crippen LogP contribution is -2.15. The van der Waals surface area contributed by atoms with E-state index in [4.69, 9.17) is 16.3 Å². The number of aryl methyl sites for hydroxylation is 1. The smallest absolute Gasteiger partial charge is 0.378 e. The van der Waals surface area contributed by atoms with Gasteiger partial charge in [-0.1, -0.05) is 78.3 Å². The minimum Gasteiger partial charge on any atom is -0.451 e. The van der Waals surface area contributed by atoms with E-state index in [2.05, 4.69) is 10.1 Å². The van der Waals surface area contributed by atoms with Crippen LogP contribution in [0.15, 0.2) is 103 Å². The summed E-state index contributed by atoms with van der Waals surface area (Å²) in [5, 5.41) is 4.99. The molecule has 0 aliphatic carbocycles. The van der Waals surface area contributed by atoms with Gasteiger partial charge in [0.2, 0.25) is 0 Å². The Kier molecular flexibility index (Phi) is 6.92. The second-order valence-corrected chi connectivity index (χ2v) is 8.90. The second kappa shape index (κ2) is 10.6. The van der Waals surface area contributed by atoms with E-state index in [1.165, 1.54) is 0 Å². The van der Waals surface area contributed by atoms with E-state index in [-0.39, 0.29) is 11.6 Å². The van der Waals surface area contributed by atoms with E-state index in [1.54, 1.807) is 41.1 Å². The molecule has 0 spiro atoms. The Morgan fingerprint density at radius 1 is 0.811 bits per heavy atom. The summed E-state index contributed by atoms with van der Waals surface area (Å²) in [6.07, 6.45) is 0. The number of hydrogen-bond donors (Lipinski definition) is 0. The molecule has 4 aromatic carbocycles. The Morgan fingerprint density at radius 2 is 1.49 bits per heavy atom. The van der Waals surface area contributed by atoms with Gasteiger partial charge in [-0.3, -0.25) is 4.79 Å². The molecule has 0 bridgehead atoms. The van der Waals surface area contributed by atoms with Crippen LogP contribution in [0, 0.1) is 6.92 Å². The number of nitrogens with zero attached hydrogens (tertiary/aromatic N) is 3. The van der Waals surface area contributed by atoms with Crippen LogP contribution in [-0.2, 0) is 4.74 Å². The van der Waals surface area contributed by atoms with Crippen molar-refractivity contribution < 1.29 is 14.3 Å². The molecule has 182 valence electrons. The molecule has 5 aromatic rings. The predicted octanol–water partition coefficient (Wildman–Crippen LogP) is 6.60. The van der Waals surface area contributed by atoms with Crippen molar-refractivity contribution in [2.75, 3.05) is 6.61 Å². The van der Waals surface area contributed by atoms with Gasteiger partial charge in [0.1, 0.15) is 0 Å². The highest BCUT2D eigenvalue weighted by Crippen LogP contribution is 2.24. The van der Waals surface area contributed by atoms with E-state index in [0.29, 0.717) is 16.4 Å². The molecule has 0 aliphatic heterocycles. The normalized spacial score (nSPS) is 10.8. The molecule has 0 fully saturated rings. The fourth-order valence-electron chi connectivity index (χ4n) is 3.88. The zero-order chi connectivity index (χ0) is 25.8. The average Bonchev–Trinajstić information content (AvgIpc) is 3.38. The fraction of sp³-hybridized carbons (Fsp3) is 0.0667. The van der Waals surface area contributed by atoms with Crippen molar-refractivity contribution in [3.63, 3.8) is 0 Å². The first kappa shape index (κ1) is 24.2. The molecule has 0 N–H and O–H groups in total. The van der Waals surface area contributed by atoms with Gasteiger partial charge in [0.15, 0.2) is 18.2 Å². The number of halogens is 1. The lowest BCUT2D eigenvalue weighted by molar-refractivity contribution is 0.0462. The van der Waals surface area contributed by atoms with E-state index in [1.807, 2.05) is 73.7 Å². The van der Waals surface area contributed by atoms with Crippen molar-refractivity contribution in [3.05, 3.63) is 125 Å². The number of ether oxygens (including phenoxy) is 1. The third-order valence-electron chi connectivity index (χ3n) is 5.79. The van der Waals surface area contributed by atoms with Gasteiger partial charge >= 0.3 is 5.97 Å². The van der Waals surface area contributed by atoms with Crippen LogP contribution in [0.1, 0.15) is 26.5 Å². The molecule has 0 atom stereocenters. The van der Waals surface area contributed by atoms with Gasteiger partial charge in [0.25, 0.3) is 5.82 Å². The molecular weight excluding hydrogens is 486 g/mol. The number of esters is 1. The monoisotopic (exact) mass is 507 g/mol. The maximum absolute atomic E-state index is 12.8. The van der Waals surface area contributed by atoms with E-state index < -0.39 is 12.6 Å². The summed E-state index contributed by atoms with van der Waals surface area (Å²) in [5.41, 5.74) is 5.00. The van der Waals surface area contributed by atoms with Crippen LogP contribution in [0.5, 0.6) is 0 Å². The summed E-state index contributed by atoms with van der Waals surface area (Å²) in [6.45, 7) is 1.55. The largest absolute Gasteiger partial charge is 0.451 e. The highest BCUT2D eigenvalue weighted by molar-refractivity contribution is 6.30. The van der Waals surface area contributed by atoms with Crippen molar-refractivity contribution in [1.29, 1.82) is 0 Å². The Labute approximate surface area is 219 Å². The molecule has 0 amide bonds. The zero-order valence-electron chi connectivity index (χ0n) is 20.0. The van der Waals surface area contributed by atoms with Crippen molar-refractivity contribution in [1.82, 2.24) is 14.8 Å². The van der Waals surface area contributed by atoms with Gasteiger partial charge in [0.05, 0.1) is 5.69 Å². The molecule has 0 saturated carbocycles. The van der Waals surface area contributed by atoms with Crippen LogP contribution in [0.3, 0.4) is 0 Å². The molecule has 1 heterocycles. The molecule has 7 heteroatoms. The van der Waals surface area contributed by atoms with Crippen LogP contribution in [0.2, 0.25) is 5.02 Å². The van der Waals surface area contributed by atoms with Crippen molar-refractivity contribution in [2.24, 2.45) is 0 Å². The predicted molar refractivity (Wildman–Crippen MR) is 143 cm³/mol. The van der Waals surface area contributed by atoms with Crippen LogP contribution in [0.25, 0.3) is 28.2 Å². The summed E-state index contributed by atoms with van der Waals surface area (Å²) >= 11 is 6.04. The zero-order valence-corrected chi connectivity index (χ0v) is 20.7. The van der Waals surface area contributed by atoms with Crippen LogP contribution >= 0.6 is 11.6 Å². The molecular formula is C30H22ClN3O3. The summed E-state index contributed by atoms with van der Waals surface area (Å²) in [5.74, 6) is -0.782. The number of benzene rings is 4. The van der Waals surface area contributed by atoms with Crippen molar-refractivity contribution >= 4 is 23.4 Å². The maximum atomic E-state index is 12.8. The molecule has 0 unspecified atom stereocenters. The molecule has 6 nitrogen and oxygen atoms in total. The Bertz CT molecular complexity index is 1560. The molecule has 5 rings (SSSR count). The Morgan fingerprint density at radius 3 is 2.19 bits per heavy atom. The van der Waals surface area contributed by atoms with Gasteiger partial charge < -0.3 is 4.74 Å². The fourth-order valence-corrected chi connectivity index (χ4v) is 4.01. The van der Waals surface area contributed by atoms with Crippen molar-refractivity contribution in [3.8, 4) is 28.2 Å². The number of rotatable bonds is 7. The molecule has 0 saturated heterocycles. The van der Waals surface area contributed by atoms with E-state index >= 15 is 0 Å². The van der Waals surface area contributed by atoms with Crippen LogP contribution in [0.4, 0.5) is 0 Å². The van der Waals surface area contributed by atoms with Crippen molar-refractivity contribution in [2.45, 2.75) is 6.92 Å². The maximum Gasteiger partial charge on any atom is 0.378 e. The summed E-state index contributed by atoms with van der Waals surface area (Å²) < 4.78 is 6.87. The van der Waals surface area contributed by atoms with Gasteiger partial charge in [0, 0.05) is 16.1 Å². The van der Waals surface area contributed by atoms with Gasteiger partial charge in [-0.2, -0.15) is 0 Å². The summed E-state index contributed by atoms with van der Waals surface area (Å²) in [7, 11) is 0. The summed E-state index contributed by atoms with van der Waals surface area (Å²) in [4.78, 5) is 29.9. The highest BCUT2D eigenvalue weighted by atomic mass is 35.5. The van der Waals surface area contributed by atoms with Gasteiger partial charge in [-0.25, -0.2) is 14.5 Å². The number of carbonyl (C=O) groups excluding carboxylic acids is 2. The topological polar surface area (TPSA) is 74.1 Å². The summed E-state index contributed by atoms with van der Waals surface area (Å²) in [6, 6.07) is 31.8. The van der Waals surface area contributed by atoms with E-state index in [0.717, 1.165) is 27.9 Å². The Hall–Kier alpha value is -4.55. The second-order valence-electron chi connectivity index (χ2n) is 8.46. The van der Waals surface area contributed by atoms with E-state index in [9.17, 15) is 9.59 Å². The molecule has 37 heavy (non-hydrogen) atoms. The van der Waals surface area contributed by atoms with Gasteiger partial charge in [-0.15, -0.1) is 5.10 Å². The third kappa shape index (κ3) is 5.50. The molecule has 0 aliphatic rings. The third-order valence-corrected chi connectivity index (χ3v) is 6.04. The Balaban J connectivity index is 1.34.